The summed E-state index contributed by atoms with van der Waals surface area (Å²) >= 11 is 0. The second-order valence-corrected chi connectivity index (χ2v) is 4.12. The van der Waals surface area contributed by atoms with E-state index in [9.17, 15) is 18.8 Å². The van der Waals surface area contributed by atoms with Crippen LogP contribution in [0.5, 0.6) is 0 Å². The van der Waals surface area contributed by atoms with Crippen molar-refractivity contribution in [1.29, 1.82) is 0 Å². The number of H-pyrrole nitrogens is 1. The fourth-order valence-electron chi connectivity index (χ4n) is 2.01. The van der Waals surface area contributed by atoms with Gasteiger partial charge in [-0.1, -0.05) is 13.3 Å². The summed E-state index contributed by atoms with van der Waals surface area (Å²) in [5.74, 6) is 0. The highest BCUT2D eigenvalue weighted by Gasteiger charge is 2.14. The molecule has 1 N–H and O–H groups in total. The third kappa shape index (κ3) is 2.35. The molecule has 2 rings (SSSR count). The Balaban J connectivity index is 2.89. The van der Waals surface area contributed by atoms with Crippen LogP contribution in [0.4, 0.5) is 4.39 Å². The quantitative estimate of drug-likeness (QED) is 0.878. The number of hydrogen-bond acceptors (Lipinski definition) is 4. The van der Waals surface area contributed by atoms with E-state index in [0.29, 0.717) is 12.0 Å². The van der Waals surface area contributed by atoms with Gasteiger partial charge in [0.15, 0.2) is 0 Å². The van der Waals surface area contributed by atoms with Crippen molar-refractivity contribution in [2.24, 2.45) is 0 Å². The van der Waals surface area contributed by atoms with Gasteiger partial charge in [0, 0.05) is 6.07 Å². The van der Waals surface area contributed by atoms with Crippen LogP contribution in [0.25, 0.3) is 11.1 Å². The number of hydrogen-bond donors (Lipinski definition) is 1. The number of alkyl halides is 1. The zero-order valence-corrected chi connectivity index (χ0v) is 10.4. The molecule has 2 heterocycles. The van der Waals surface area contributed by atoms with E-state index < -0.39 is 23.5 Å². The first kappa shape index (κ1) is 13.3. The zero-order valence-electron chi connectivity index (χ0n) is 10.4. The van der Waals surface area contributed by atoms with Crippen molar-refractivity contribution in [1.82, 2.24) is 9.55 Å². The standard InChI is InChI=1S/C12H13FN2O4/c1-2-3-7-6-8(16)19-10-9(7)11(17)15(5-4-13)12(18)14-10/h6H,2-5H2,1H3,(H,14,18). The zero-order chi connectivity index (χ0) is 14.0. The van der Waals surface area contributed by atoms with Gasteiger partial charge in [-0.15, -0.1) is 0 Å². The molecule has 0 unspecified atom stereocenters. The van der Waals surface area contributed by atoms with E-state index in [4.69, 9.17) is 4.42 Å². The maximum atomic E-state index is 12.4. The van der Waals surface area contributed by atoms with Crippen LogP contribution in [-0.4, -0.2) is 16.2 Å². The molecule has 0 fully saturated rings. The van der Waals surface area contributed by atoms with E-state index >= 15 is 0 Å². The highest BCUT2D eigenvalue weighted by atomic mass is 19.1. The van der Waals surface area contributed by atoms with Crippen molar-refractivity contribution in [3.8, 4) is 0 Å². The van der Waals surface area contributed by atoms with Crippen molar-refractivity contribution < 1.29 is 8.81 Å². The lowest BCUT2D eigenvalue weighted by Crippen LogP contribution is -2.36. The third-order valence-corrected chi connectivity index (χ3v) is 2.80. The summed E-state index contributed by atoms with van der Waals surface area (Å²) in [5.41, 5.74) is -1.70. The Hall–Kier alpha value is -2.18. The maximum absolute atomic E-state index is 12.4. The Bertz CT molecular complexity index is 772. The van der Waals surface area contributed by atoms with Crippen molar-refractivity contribution in [2.45, 2.75) is 26.3 Å². The SMILES string of the molecule is CCCc1cc(=O)oc2[nH]c(=O)n(CCF)c(=O)c12. The highest BCUT2D eigenvalue weighted by molar-refractivity contribution is 5.75. The fourth-order valence-corrected chi connectivity index (χ4v) is 2.01. The first-order valence-corrected chi connectivity index (χ1v) is 5.94. The van der Waals surface area contributed by atoms with Gasteiger partial charge in [0.05, 0.1) is 6.54 Å². The summed E-state index contributed by atoms with van der Waals surface area (Å²) in [6.07, 6.45) is 1.22. The van der Waals surface area contributed by atoms with Crippen molar-refractivity contribution in [2.75, 3.05) is 6.67 Å². The number of aromatic amines is 1. The molecule has 102 valence electrons. The molecular weight excluding hydrogens is 255 g/mol. The number of nitrogens with one attached hydrogen (secondary N) is 1. The largest absolute Gasteiger partial charge is 0.405 e. The first-order chi connectivity index (χ1) is 9.08. The topological polar surface area (TPSA) is 85.1 Å². The van der Waals surface area contributed by atoms with Gasteiger partial charge in [0.25, 0.3) is 5.56 Å². The number of rotatable bonds is 4. The van der Waals surface area contributed by atoms with Crippen LogP contribution in [0.3, 0.4) is 0 Å². The van der Waals surface area contributed by atoms with E-state index in [1.165, 1.54) is 6.07 Å². The lowest BCUT2D eigenvalue weighted by molar-refractivity contribution is 0.431. The van der Waals surface area contributed by atoms with Crippen LogP contribution in [-0.2, 0) is 13.0 Å². The minimum atomic E-state index is -0.825. The normalized spacial score (nSPS) is 11.1. The summed E-state index contributed by atoms with van der Waals surface area (Å²) in [5, 5.41) is 0.134. The van der Waals surface area contributed by atoms with Crippen molar-refractivity contribution in [3.05, 3.63) is 42.9 Å². The minimum absolute atomic E-state index is 0.134. The van der Waals surface area contributed by atoms with Crippen LogP contribution in [0, 0.1) is 0 Å². The molecule has 0 aliphatic carbocycles. The third-order valence-electron chi connectivity index (χ3n) is 2.80. The number of halogens is 1. The van der Waals surface area contributed by atoms with Gasteiger partial charge in [-0.05, 0) is 12.0 Å². The van der Waals surface area contributed by atoms with Gasteiger partial charge in [0.1, 0.15) is 12.1 Å². The van der Waals surface area contributed by atoms with Crippen molar-refractivity contribution >= 4 is 11.1 Å². The molecule has 0 amide bonds. The molecule has 2 aromatic rings. The first-order valence-electron chi connectivity index (χ1n) is 5.94. The highest BCUT2D eigenvalue weighted by Crippen LogP contribution is 2.11. The summed E-state index contributed by atoms with van der Waals surface area (Å²) in [7, 11) is 0. The number of nitrogens with zero attached hydrogens (tertiary/aromatic N) is 1. The molecule has 0 radical (unpaired) electrons. The van der Waals surface area contributed by atoms with E-state index in [1.54, 1.807) is 0 Å². The van der Waals surface area contributed by atoms with E-state index in [0.717, 1.165) is 11.0 Å². The Morgan fingerprint density at radius 3 is 2.74 bits per heavy atom. The van der Waals surface area contributed by atoms with Crippen LogP contribution in [0.15, 0.2) is 24.9 Å². The van der Waals surface area contributed by atoms with Crippen LogP contribution < -0.4 is 16.9 Å². The van der Waals surface area contributed by atoms with E-state index in [1.807, 2.05) is 6.92 Å². The van der Waals surface area contributed by atoms with Crippen LogP contribution >= 0.6 is 0 Å². The predicted molar refractivity (Wildman–Crippen MR) is 67.3 cm³/mol. The summed E-state index contributed by atoms with van der Waals surface area (Å²) in [6, 6.07) is 1.23. The van der Waals surface area contributed by atoms with Gasteiger partial charge in [-0.2, -0.15) is 0 Å². The predicted octanol–water partition coefficient (Wildman–Crippen LogP) is 0.565. The van der Waals surface area contributed by atoms with E-state index in [2.05, 4.69) is 4.98 Å². The van der Waals surface area contributed by atoms with Gasteiger partial charge in [-0.3, -0.25) is 14.3 Å². The Kier molecular flexibility index (Phi) is 3.64. The molecule has 0 aliphatic heterocycles. The minimum Gasteiger partial charge on any atom is -0.405 e. The molecule has 0 aromatic carbocycles. The second kappa shape index (κ2) is 5.21. The smallest absolute Gasteiger partial charge is 0.337 e. The fraction of sp³-hybridized carbons (Fsp3) is 0.417. The molecular formula is C12H13FN2O4. The monoisotopic (exact) mass is 268 g/mol. The second-order valence-electron chi connectivity index (χ2n) is 4.12. The molecule has 0 saturated carbocycles. The number of aryl methyl sites for hydroxylation is 1. The molecule has 2 aromatic heterocycles. The maximum Gasteiger partial charge on any atom is 0.337 e. The Morgan fingerprint density at radius 1 is 1.37 bits per heavy atom. The molecule has 0 atom stereocenters. The van der Waals surface area contributed by atoms with Gasteiger partial charge < -0.3 is 4.42 Å². The molecule has 0 spiro atoms. The lowest BCUT2D eigenvalue weighted by Gasteiger charge is -2.06. The molecule has 6 nitrogen and oxygen atoms in total. The summed E-state index contributed by atoms with van der Waals surface area (Å²) in [4.78, 5) is 37.4. The Labute approximate surface area is 106 Å². The van der Waals surface area contributed by atoms with Crippen LogP contribution in [0.2, 0.25) is 0 Å². The van der Waals surface area contributed by atoms with Gasteiger partial charge in [-0.25, -0.2) is 14.0 Å². The summed E-state index contributed by atoms with van der Waals surface area (Å²) < 4.78 is 18.0. The van der Waals surface area contributed by atoms with Gasteiger partial charge in [0.2, 0.25) is 5.71 Å². The molecule has 0 aliphatic rings. The molecule has 19 heavy (non-hydrogen) atoms. The van der Waals surface area contributed by atoms with Gasteiger partial charge >= 0.3 is 11.3 Å². The number of aromatic nitrogens is 2. The Morgan fingerprint density at radius 2 is 2.11 bits per heavy atom. The average Bonchev–Trinajstić information content (AvgIpc) is 2.34. The van der Waals surface area contributed by atoms with E-state index in [-0.39, 0.29) is 17.6 Å². The molecule has 7 heteroatoms. The molecule has 0 bridgehead atoms. The number of fused-ring (bicyclic) bond motifs is 1. The molecule has 0 saturated heterocycles. The summed E-state index contributed by atoms with van der Waals surface area (Å²) in [6.45, 7) is 0.745. The lowest BCUT2D eigenvalue weighted by atomic mass is 10.1. The van der Waals surface area contributed by atoms with Crippen LogP contribution in [0.1, 0.15) is 18.9 Å². The average molecular weight is 268 g/mol. The van der Waals surface area contributed by atoms with Crippen molar-refractivity contribution in [3.63, 3.8) is 0 Å².